The summed E-state index contributed by atoms with van der Waals surface area (Å²) in [5, 5.41) is 25.9. The summed E-state index contributed by atoms with van der Waals surface area (Å²) in [4.78, 5) is 0. The molecule has 1 aliphatic carbocycles. The molecule has 2 atom stereocenters. The van der Waals surface area contributed by atoms with Gasteiger partial charge in [-0.2, -0.15) is 0 Å². The molecule has 0 saturated heterocycles. The van der Waals surface area contributed by atoms with Crippen molar-refractivity contribution in [1.29, 1.82) is 0 Å². The molecule has 5 nitrogen and oxygen atoms in total. The first-order valence-electron chi connectivity index (χ1n) is 11.7. The van der Waals surface area contributed by atoms with Gasteiger partial charge < -0.3 is 25.0 Å². The van der Waals surface area contributed by atoms with Gasteiger partial charge in [0.05, 0.1) is 25.9 Å². The lowest BCUT2D eigenvalue weighted by molar-refractivity contribution is -0.0219. The lowest BCUT2D eigenvalue weighted by Crippen LogP contribution is -2.46. The van der Waals surface area contributed by atoms with Crippen LogP contribution in [0.25, 0.3) is 10.8 Å². The van der Waals surface area contributed by atoms with Crippen LogP contribution in [0.2, 0.25) is 0 Å². The van der Waals surface area contributed by atoms with Crippen molar-refractivity contribution in [3.05, 3.63) is 71.8 Å². The number of benzene rings is 3. The zero-order chi connectivity index (χ0) is 23.4. The summed E-state index contributed by atoms with van der Waals surface area (Å²) in [6.45, 7) is 5.02. The van der Waals surface area contributed by atoms with E-state index in [2.05, 4.69) is 37.4 Å². The number of nitrogens with one attached hydrogen (secondary N) is 1. The Morgan fingerprint density at radius 2 is 1.76 bits per heavy atom. The molecule has 0 aromatic heterocycles. The maximum absolute atomic E-state index is 10.6. The molecule has 176 valence electrons. The van der Waals surface area contributed by atoms with E-state index in [4.69, 9.17) is 9.47 Å². The third kappa shape index (κ3) is 6.26. The van der Waals surface area contributed by atoms with E-state index in [1.54, 1.807) is 19.2 Å². The summed E-state index contributed by atoms with van der Waals surface area (Å²) in [5.74, 6) is 1.62. The first-order valence-corrected chi connectivity index (χ1v) is 11.7. The predicted octanol–water partition coefficient (Wildman–Crippen LogP) is 4.99. The zero-order valence-electron chi connectivity index (χ0n) is 19.8. The van der Waals surface area contributed by atoms with Crippen LogP contribution in [-0.2, 0) is 11.2 Å². The van der Waals surface area contributed by atoms with Crippen molar-refractivity contribution in [2.45, 2.75) is 50.9 Å². The minimum absolute atomic E-state index is 0.0409. The molecule has 1 aliphatic rings. The van der Waals surface area contributed by atoms with Crippen LogP contribution in [0.5, 0.6) is 11.5 Å². The molecular weight excluding hydrogens is 414 g/mol. The SMILES string of the molecule is COc1ccccc1C(OCC(O)CNC(C)(C)Cc1ccc2cc(O)ccc2c1)C1CC1. The fraction of sp³-hybridized carbons (Fsp3) is 0.429. The van der Waals surface area contributed by atoms with Gasteiger partial charge in [-0.3, -0.25) is 0 Å². The number of ether oxygens (including phenoxy) is 2. The summed E-state index contributed by atoms with van der Waals surface area (Å²) in [6.07, 6.45) is 2.48. The first kappa shape index (κ1) is 23.6. The topological polar surface area (TPSA) is 71.0 Å². The largest absolute Gasteiger partial charge is 0.508 e. The van der Waals surface area contributed by atoms with E-state index >= 15 is 0 Å². The Hall–Kier alpha value is -2.60. The van der Waals surface area contributed by atoms with Crippen molar-refractivity contribution >= 4 is 10.8 Å². The van der Waals surface area contributed by atoms with Crippen molar-refractivity contribution in [1.82, 2.24) is 5.32 Å². The van der Waals surface area contributed by atoms with Gasteiger partial charge >= 0.3 is 0 Å². The third-order valence-electron chi connectivity index (χ3n) is 6.31. The molecule has 0 amide bonds. The van der Waals surface area contributed by atoms with Gasteiger partial charge in [-0.15, -0.1) is 0 Å². The molecule has 0 radical (unpaired) electrons. The summed E-state index contributed by atoms with van der Waals surface area (Å²) >= 11 is 0. The number of hydrogen-bond acceptors (Lipinski definition) is 5. The van der Waals surface area contributed by atoms with E-state index in [1.165, 1.54) is 5.56 Å². The van der Waals surface area contributed by atoms with Crippen LogP contribution in [0.15, 0.2) is 60.7 Å². The average Bonchev–Trinajstić information content (AvgIpc) is 3.63. The molecular formula is C28H35NO4. The maximum atomic E-state index is 10.6. The number of β-amino-alcohol motifs (C(OH)–C–C–N with tert-alkyl or cyclic N) is 1. The summed E-state index contributed by atoms with van der Waals surface area (Å²) < 4.78 is 11.7. The Labute approximate surface area is 196 Å². The number of phenols is 1. The van der Waals surface area contributed by atoms with E-state index < -0.39 is 6.10 Å². The van der Waals surface area contributed by atoms with Crippen LogP contribution in [0.4, 0.5) is 0 Å². The van der Waals surface area contributed by atoms with Gasteiger partial charge in [0.15, 0.2) is 0 Å². The molecule has 0 spiro atoms. The van der Waals surface area contributed by atoms with Gasteiger partial charge in [0.1, 0.15) is 11.5 Å². The van der Waals surface area contributed by atoms with E-state index in [-0.39, 0.29) is 24.0 Å². The van der Waals surface area contributed by atoms with Gasteiger partial charge in [-0.05, 0) is 73.6 Å². The van der Waals surface area contributed by atoms with Gasteiger partial charge in [0.25, 0.3) is 0 Å². The number of hydrogen-bond donors (Lipinski definition) is 3. The number of aliphatic hydroxyl groups is 1. The minimum atomic E-state index is -0.597. The van der Waals surface area contributed by atoms with Gasteiger partial charge in [-0.25, -0.2) is 0 Å². The second-order valence-electron chi connectivity index (χ2n) is 9.79. The lowest BCUT2D eigenvalue weighted by Gasteiger charge is -2.29. The third-order valence-corrected chi connectivity index (χ3v) is 6.31. The molecule has 33 heavy (non-hydrogen) atoms. The van der Waals surface area contributed by atoms with Crippen LogP contribution in [0, 0.1) is 5.92 Å². The molecule has 0 bridgehead atoms. The zero-order valence-corrected chi connectivity index (χ0v) is 19.8. The molecule has 3 N–H and O–H groups in total. The predicted molar refractivity (Wildman–Crippen MR) is 132 cm³/mol. The molecule has 3 aromatic rings. The molecule has 4 rings (SSSR count). The van der Waals surface area contributed by atoms with Crippen molar-refractivity contribution < 1.29 is 19.7 Å². The number of fused-ring (bicyclic) bond motifs is 1. The lowest BCUT2D eigenvalue weighted by atomic mass is 9.93. The Bertz CT molecular complexity index is 1080. The highest BCUT2D eigenvalue weighted by Gasteiger charge is 2.35. The van der Waals surface area contributed by atoms with Crippen LogP contribution in [0.1, 0.15) is 43.9 Å². The van der Waals surface area contributed by atoms with E-state index in [0.717, 1.165) is 41.3 Å². The van der Waals surface area contributed by atoms with Crippen molar-refractivity contribution in [3.8, 4) is 11.5 Å². The fourth-order valence-electron chi connectivity index (χ4n) is 4.41. The molecule has 1 fully saturated rings. The molecule has 0 heterocycles. The van der Waals surface area contributed by atoms with E-state index in [9.17, 15) is 10.2 Å². The number of phenolic OH excluding ortho intramolecular Hbond substituents is 1. The Balaban J connectivity index is 1.31. The Kier molecular flexibility index (Phi) is 7.23. The molecule has 2 unspecified atom stereocenters. The summed E-state index contributed by atoms with van der Waals surface area (Å²) in [7, 11) is 1.68. The summed E-state index contributed by atoms with van der Waals surface area (Å²) in [6, 6.07) is 19.7. The molecule has 5 heteroatoms. The second kappa shape index (κ2) is 10.1. The number of aromatic hydroxyl groups is 1. The number of aliphatic hydroxyl groups excluding tert-OH is 1. The maximum Gasteiger partial charge on any atom is 0.124 e. The smallest absolute Gasteiger partial charge is 0.124 e. The average molecular weight is 450 g/mol. The quantitative estimate of drug-likeness (QED) is 0.385. The number of para-hydroxylation sites is 1. The number of methoxy groups -OCH3 is 1. The van der Waals surface area contributed by atoms with Crippen LogP contribution in [0.3, 0.4) is 0 Å². The number of rotatable bonds is 11. The van der Waals surface area contributed by atoms with Crippen molar-refractivity contribution in [2.24, 2.45) is 5.92 Å². The monoisotopic (exact) mass is 449 g/mol. The molecule has 0 aliphatic heterocycles. The Morgan fingerprint density at radius 3 is 2.52 bits per heavy atom. The normalized spacial score (nSPS) is 16.0. The Morgan fingerprint density at radius 1 is 1.03 bits per heavy atom. The van der Waals surface area contributed by atoms with Crippen molar-refractivity contribution in [2.75, 3.05) is 20.3 Å². The highest BCUT2D eigenvalue weighted by molar-refractivity contribution is 5.84. The molecule has 3 aromatic carbocycles. The van der Waals surface area contributed by atoms with E-state index in [1.807, 2.05) is 30.3 Å². The highest BCUT2D eigenvalue weighted by Crippen LogP contribution is 2.45. The second-order valence-corrected chi connectivity index (χ2v) is 9.79. The van der Waals surface area contributed by atoms with Gasteiger partial charge in [-0.1, -0.05) is 42.5 Å². The van der Waals surface area contributed by atoms with Gasteiger partial charge in [0, 0.05) is 17.6 Å². The highest BCUT2D eigenvalue weighted by atomic mass is 16.5. The first-order chi connectivity index (χ1) is 15.8. The minimum Gasteiger partial charge on any atom is -0.508 e. The van der Waals surface area contributed by atoms with Crippen LogP contribution >= 0.6 is 0 Å². The van der Waals surface area contributed by atoms with Crippen LogP contribution in [-0.4, -0.2) is 42.1 Å². The van der Waals surface area contributed by atoms with Crippen molar-refractivity contribution in [3.63, 3.8) is 0 Å². The fourth-order valence-corrected chi connectivity index (χ4v) is 4.41. The standard InChI is InChI=1S/C28H35NO4/c1-28(2,16-19-8-9-22-15-23(30)13-12-21(22)14-19)29-17-24(31)18-33-27(20-10-11-20)25-6-4-5-7-26(25)32-3/h4-9,12-15,20,24,27,29-31H,10-11,16-18H2,1-3H3. The van der Waals surface area contributed by atoms with Crippen LogP contribution < -0.4 is 10.1 Å². The summed E-state index contributed by atoms with van der Waals surface area (Å²) in [5.41, 5.74) is 2.08. The van der Waals surface area contributed by atoms with Gasteiger partial charge in [0.2, 0.25) is 0 Å². The van der Waals surface area contributed by atoms with E-state index in [0.29, 0.717) is 12.5 Å². The molecule has 1 saturated carbocycles.